The number of aromatic nitrogens is 2. The lowest BCUT2D eigenvalue weighted by atomic mass is 9.88. The van der Waals surface area contributed by atoms with E-state index in [9.17, 15) is 0 Å². The second kappa shape index (κ2) is 4.71. The first-order chi connectivity index (χ1) is 6.93. The maximum absolute atomic E-state index is 6.20. The average Bonchev–Trinajstić information content (AvgIpc) is 2.45. The molecule has 0 spiro atoms. The van der Waals surface area contributed by atoms with Gasteiger partial charge < -0.3 is 0 Å². The lowest BCUT2D eigenvalue weighted by molar-refractivity contribution is 0.472. The highest BCUT2D eigenvalue weighted by Crippen LogP contribution is 2.30. The molecule has 4 heteroatoms. The fourth-order valence-corrected chi connectivity index (χ4v) is 2.08. The van der Waals surface area contributed by atoms with Crippen molar-refractivity contribution in [3.05, 3.63) is 29.1 Å². The van der Waals surface area contributed by atoms with E-state index in [1.165, 1.54) is 0 Å². The van der Waals surface area contributed by atoms with Crippen LogP contribution in [0.15, 0.2) is 12.7 Å². The van der Waals surface area contributed by atoms with Crippen LogP contribution < -0.4 is 0 Å². The van der Waals surface area contributed by atoms with Crippen LogP contribution in [0, 0.1) is 12.3 Å². The zero-order valence-corrected chi connectivity index (χ0v) is 11.7. The maximum atomic E-state index is 6.20. The molecule has 1 atom stereocenters. The lowest BCUT2D eigenvalue weighted by Gasteiger charge is -2.22. The molecule has 1 aromatic rings. The molecule has 0 bridgehead atoms. The van der Waals surface area contributed by atoms with Gasteiger partial charge in [0.1, 0.15) is 0 Å². The molecule has 0 saturated carbocycles. The van der Waals surface area contributed by atoms with Gasteiger partial charge in [-0.15, -0.1) is 6.58 Å². The van der Waals surface area contributed by atoms with Crippen LogP contribution in [0.5, 0.6) is 0 Å². The van der Waals surface area contributed by atoms with Gasteiger partial charge in [0.2, 0.25) is 0 Å². The highest BCUT2D eigenvalue weighted by atomic mass is 79.9. The Labute approximate surface area is 104 Å². The van der Waals surface area contributed by atoms with Gasteiger partial charge in [-0.2, -0.15) is 5.10 Å². The van der Waals surface area contributed by atoms with E-state index in [1.54, 1.807) is 0 Å². The van der Waals surface area contributed by atoms with E-state index in [0.29, 0.717) is 0 Å². The summed E-state index contributed by atoms with van der Waals surface area (Å²) < 4.78 is 1.85. The number of allylic oxidation sites excluding steroid dienone is 1. The van der Waals surface area contributed by atoms with Gasteiger partial charge in [-0.1, -0.05) is 40.5 Å². The smallest absolute Gasteiger partial charge is 0.0847 e. The van der Waals surface area contributed by atoms with Gasteiger partial charge in [0.25, 0.3) is 0 Å². The van der Waals surface area contributed by atoms with Crippen molar-refractivity contribution in [3.8, 4) is 0 Å². The Balaban J connectivity index is 3.03. The molecule has 0 N–H and O–H groups in total. The van der Waals surface area contributed by atoms with Crippen molar-refractivity contribution in [2.45, 2.75) is 20.3 Å². The Kier molecular flexibility index (Phi) is 4.01. The first-order valence-corrected chi connectivity index (χ1v) is 6.31. The van der Waals surface area contributed by atoms with Gasteiger partial charge in [0, 0.05) is 24.2 Å². The molecule has 15 heavy (non-hydrogen) atoms. The van der Waals surface area contributed by atoms with Crippen LogP contribution in [0.25, 0.3) is 0 Å². The van der Waals surface area contributed by atoms with E-state index in [0.717, 1.165) is 28.2 Å². The van der Waals surface area contributed by atoms with E-state index in [2.05, 4.69) is 34.5 Å². The van der Waals surface area contributed by atoms with Gasteiger partial charge in [-0.05, 0) is 6.92 Å². The molecule has 0 aliphatic heterocycles. The topological polar surface area (TPSA) is 17.8 Å². The van der Waals surface area contributed by atoms with E-state index >= 15 is 0 Å². The maximum Gasteiger partial charge on any atom is 0.0847 e. The molecular weight excluding hydrogens is 275 g/mol. The fraction of sp³-hybridized carbons (Fsp3) is 0.545. The third-order valence-corrected chi connectivity index (χ3v) is 4.40. The van der Waals surface area contributed by atoms with Gasteiger partial charge in [0.15, 0.2) is 0 Å². The Bertz CT molecular complexity index is 373. The van der Waals surface area contributed by atoms with Crippen molar-refractivity contribution in [2.24, 2.45) is 12.5 Å². The minimum absolute atomic E-state index is 0.0177. The van der Waals surface area contributed by atoms with Gasteiger partial charge in [0.05, 0.1) is 16.4 Å². The van der Waals surface area contributed by atoms with E-state index in [-0.39, 0.29) is 5.41 Å². The number of alkyl halides is 1. The number of rotatable bonds is 4. The van der Waals surface area contributed by atoms with Crippen molar-refractivity contribution in [1.82, 2.24) is 9.78 Å². The summed E-state index contributed by atoms with van der Waals surface area (Å²) >= 11 is 9.70. The molecule has 2 nitrogen and oxygen atoms in total. The van der Waals surface area contributed by atoms with Crippen LogP contribution in [0.2, 0.25) is 5.02 Å². The molecule has 0 aliphatic rings. The van der Waals surface area contributed by atoms with Gasteiger partial charge in [-0.3, -0.25) is 4.68 Å². The SMILES string of the molecule is C=CC(C)(CBr)Cc1c(Cl)c(C)nn1C. The summed E-state index contributed by atoms with van der Waals surface area (Å²) in [7, 11) is 1.92. The normalized spacial score (nSPS) is 15.0. The Hall–Kier alpha value is -0.280. The second-order valence-corrected chi connectivity index (χ2v) is 5.08. The van der Waals surface area contributed by atoms with E-state index < -0.39 is 0 Å². The predicted molar refractivity (Wildman–Crippen MR) is 68.8 cm³/mol. The molecule has 84 valence electrons. The third-order valence-electron chi connectivity index (χ3n) is 2.63. The van der Waals surface area contributed by atoms with Crippen LogP contribution in [0.4, 0.5) is 0 Å². The molecule has 0 aliphatic carbocycles. The number of aryl methyl sites for hydroxylation is 2. The summed E-state index contributed by atoms with van der Waals surface area (Å²) in [5, 5.41) is 5.93. The largest absolute Gasteiger partial charge is 0.271 e. The molecule has 1 aromatic heterocycles. The quantitative estimate of drug-likeness (QED) is 0.613. The van der Waals surface area contributed by atoms with Crippen LogP contribution >= 0.6 is 27.5 Å². The van der Waals surface area contributed by atoms with Crippen molar-refractivity contribution >= 4 is 27.5 Å². The van der Waals surface area contributed by atoms with Crippen molar-refractivity contribution in [2.75, 3.05) is 5.33 Å². The number of hydrogen-bond acceptors (Lipinski definition) is 1. The van der Waals surface area contributed by atoms with Crippen molar-refractivity contribution in [3.63, 3.8) is 0 Å². The molecule has 1 rings (SSSR count). The van der Waals surface area contributed by atoms with Crippen molar-refractivity contribution < 1.29 is 0 Å². The summed E-state index contributed by atoms with van der Waals surface area (Å²) in [6.45, 7) is 7.93. The van der Waals surface area contributed by atoms with Gasteiger partial charge in [-0.25, -0.2) is 0 Å². The number of hydrogen-bond donors (Lipinski definition) is 0. The Morgan fingerprint density at radius 3 is 2.60 bits per heavy atom. The van der Waals surface area contributed by atoms with Crippen molar-refractivity contribution in [1.29, 1.82) is 0 Å². The standard InChI is InChI=1S/C11H16BrClN2/c1-5-11(3,7-12)6-9-10(13)8(2)14-15(9)4/h5H,1,6-7H2,2-4H3. The summed E-state index contributed by atoms with van der Waals surface area (Å²) in [6.07, 6.45) is 2.80. The van der Waals surface area contributed by atoms with Crippen LogP contribution in [0.3, 0.4) is 0 Å². The second-order valence-electron chi connectivity index (χ2n) is 4.14. The average molecular weight is 292 g/mol. The molecule has 1 heterocycles. The number of halogens is 2. The zero-order chi connectivity index (χ0) is 11.6. The number of nitrogens with zero attached hydrogens (tertiary/aromatic N) is 2. The van der Waals surface area contributed by atoms with E-state index in [1.807, 2.05) is 24.7 Å². The predicted octanol–water partition coefficient (Wildman–Crippen LogP) is 3.51. The monoisotopic (exact) mass is 290 g/mol. The highest BCUT2D eigenvalue weighted by Gasteiger charge is 2.23. The molecule has 1 unspecified atom stereocenters. The minimum Gasteiger partial charge on any atom is -0.271 e. The fourth-order valence-electron chi connectivity index (χ4n) is 1.43. The Morgan fingerprint density at radius 1 is 1.67 bits per heavy atom. The van der Waals surface area contributed by atoms with Gasteiger partial charge >= 0.3 is 0 Å². The highest BCUT2D eigenvalue weighted by molar-refractivity contribution is 9.09. The van der Waals surface area contributed by atoms with E-state index in [4.69, 9.17) is 11.6 Å². The van der Waals surface area contributed by atoms with Crippen LogP contribution in [0.1, 0.15) is 18.3 Å². The molecule has 0 aromatic carbocycles. The summed E-state index contributed by atoms with van der Waals surface area (Å²) in [6, 6.07) is 0. The van der Waals surface area contributed by atoms with Crippen LogP contribution in [-0.2, 0) is 13.5 Å². The minimum atomic E-state index is 0.0177. The third kappa shape index (κ3) is 2.64. The Morgan fingerprint density at radius 2 is 2.27 bits per heavy atom. The summed E-state index contributed by atoms with van der Waals surface area (Å²) in [5.74, 6) is 0. The summed E-state index contributed by atoms with van der Waals surface area (Å²) in [4.78, 5) is 0. The first-order valence-electron chi connectivity index (χ1n) is 4.81. The first kappa shape index (κ1) is 12.8. The lowest BCUT2D eigenvalue weighted by Crippen LogP contribution is -2.20. The molecule has 0 amide bonds. The zero-order valence-electron chi connectivity index (χ0n) is 9.35. The van der Waals surface area contributed by atoms with Crippen LogP contribution in [-0.4, -0.2) is 15.1 Å². The molecular formula is C11H16BrClN2. The molecule has 0 fully saturated rings. The summed E-state index contributed by atoms with van der Waals surface area (Å²) in [5.41, 5.74) is 1.97. The molecule has 0 saturated heterocycles. The molecule has 0 radical (unpaired) electrons.